The van der Waals surface area contributed by atoms with E-state index < -0.39 is 5.82 Å². The molecule has 3 nitrogen and oxygen atoms in total. The zero-order valence-corrected chi connectivity index (χ0v) is 12.8. The Morgan fingerprint density at radius 1 is 1.25 bits per heavy atom. The number of benzene rings is 2. The van der Waals surface area contributed by atoms with E-state index in [1.807, 2.05) is 6.07 Å². The van der Waals surface area contributed by atoms with Crippen molar-refractivity contribution in [1.82, 2.24) is 9.97 Å². The summed E-state index contributed by atoms with van der Waals surface area (Å²) in [4.78, 5) is 7.14. The molecule has 3 aromatic rings. The van der Waals surface area contributed by atoms with E-state index >= 15 is 0 Å². The number of hydrogen-bond donors (Lipinski definition) is 2. The Morgan fingerprint density at radius 2 is 2.00 bits per heavy atom. The van der Waals surface area contributed by atoms with Crippen LogP contribution in [-0.2, 0) is 0 Å². The highest BCUT2D eigenvalue weighted by molar-refractivity contribution is 9.10. The average Bonchev–Trinajstić information content (AvgIpc) is 2.77. The van der Waals surface area contributed by atoms with Crippen molar-refractivity contribution in [2.45, 2.75) is 6.92 Å². The van der Waals surface area contributed by atoms with E-state index in [1.165, 1.54) is 0 Å². The molecule has 102 valence electrons. The number of nitrogens with zero attached hydrogens (tertiary/aromatic N) is 1. The van der Waals surface area contributed by atoms with E-state index in [4.69, 9.17) is 11.6 Å². The highest BCUT2D eigenvalue weighted by Crippen LogP contribution is 2.31. The number of anilines is 2. The van der Waals surface area contributed by atoms with Crippen LogP contribution < -0.4 is 5.32 Å². The molecule has 0 aliphatic carbocycles. The van der Waals surface area contributed by atoms with Crippen molar-refractivity contribution < 1.29 is 4.39 Å². The molecule has 20 heavy (non-hydrogen) atoms. The monoisotopic (exact) mass is 353 g/mol. The predicted octanol–water partition coefficient (Wildman–Crippen LogP) is 5.17. The zero-order valence-electron chi connectivity index (χ0n) is 10.5. The molecule has 0 fully saturated rings. The first-order valence-corrected chi connectivity index (χ1v) is 7.08. The maximum atomic E-state index is 14.4. The Kier molecular flexibility index (Phi) is 3.40. The number of imidazole rings is 1. The van der Waals surface area contributed by atoms with Gasteiger partial charge in [-0.3, -0.25) is 0 Å². The summed E-state index contributed by atoms with van der Waals surface area (Å²) >= 11 is 9.45. The minimum Gasteiger partial charge on any atom is -0.352 e. The van der Waals surface area contributed by atoms with E-state index in [0.29, 0.717) is 33.3 Å². The molecule has 0 saturated carbocycles. The summed E-state index contributed by atoms with van der Waals surface area (Å²) in [7, 11) is 0. The van der Waals surface area contributed by atoms with E-state index in [1.54, 1.807) is 31.2 Å². The molecule has 0 amide bonds. The van der Waals surface area contributed by atoms with Crippen LogP contribution in [0.4, 0.5) is 15.8 Å². The van der Waals surface area contributed by atoms with E-state index in [2.05, 4.69) is 31.2 Å². The molecule has 0 saturated heterocycles. The first-order chi connectivity index (χ1) is 9.54. The lowest BCUT2D eigenvalue weighted by Crippen LogP contribution is -1.95. The number of halogens is 3. The van der Waals surface area contributed by atoms with Gasteiger partial charge >= 0.3 is 0 Å². The van der Waals surface area contributed by atoms with Gasteiger partial charge in [0, 0.05) is 4.47 Å². The van der Waals surface area contributed by atoms with Crippen LogP contribution in [0.25, 0.3) is 11.0 Å². The fourth-order valence-electron chi connectivity index (χ4n) is 2.00. The van der Waals surface area contributed by atoms with E-state index in [9.17, 15) is 4.39 Å². The molecule has 0 bridgehead atoms. The van der Waals surface area contributed by atoms with Gasteiger partial charge in [0.05, 0.1) is 21.9 Å². The minimum absolute atomic E-state index is 0.320. The molecule has 0 radical (unpaired) electrons. The fourth-order valence-corrected chi connectivity index (χ4v) is 2.72. The summed E-state index contributed by atoms with van der Waals surface area (Å²) in [5.41, 5.74) is 1.97. The van der Waals surface area contributed by atoms with Crippen LogP contribution in [0.2, 0.25) is 5.02 Å². The Hall–Kier alpha value is -1.59. The summed E-state index contributed by atoms with van der Waals surface area (Å²) in [6, 6.07) is 8.81. The first kappa shape index (κ1) is 13.4. The van der Waals surface area contributed by atoms with Gasteiger partial charge in [-0.05, 0) is 37.3 Å². The molecule has 0 spiro atoms. The number of nitrogens with one attached hydrogen (secondary N) is 2. The van der Waals surface area contributed by atoms with Crippen molar-refractivity contribution in [3.05, 3.63) is 51.5 Å². The number of aryl methyl sites for hydroxylation is 1. The Bertz CT molecular complexity index is 800. The molecule has 2 aromatic carbocycles. The van der Waals surface area contributed by atoms with Gasteiger partial charge in [0.15, 0.2) is 5.82 Å². The van der Waals surface area contributed by atoms with Crippen LogP contribution in [0.3, 0.4) is 0 Å². The molecule has 2 N–H and O–H groups in total. The molecule has 0 atom stereocenters. The van der Waals surface area contributed by atoms with Crippen molar-refractivity contribution in [2.24, 2.45) is 0 Å². The predicted molar refractivity (Wildman–Crippen MR) is 83.2 cm³/mol. The molecule has 1 aromatic heterocycles. The van der Waals surface area contributed by atoms with Gasteiger partial charge in [-0.15, -0.1) is 0 Å². The summed E-state index contributed by atoms with van der Waals surface area (Å²) in [6.07, 6.45) is 0. The van der Waals surface area contributed by atoms with Gasteiger partial charge < -0.3 is 10.3 Å². The lowest BCUT2D eigenvalue weighted by atomic mass is 10.2. The quantitative estimate of drug-likeness (QED) is 0.666. The van der Waals surface area contributed by atoms with Crippen molar-refractivity contribution in [3.63, 3.8) is 0 Å². The largest absolute Gasteiger partial charge is 0.352 e. The van der Waals surface area contributed by atoms with Crippen LogP contribution in [0.1, 0.15) is 5.82 Å². The van der Waals surface area contributed by atoms with Crippen molar-refractivity contribution in [1.29, 1.82) is 0 Å². The molecule has 0 aliphatic rings. The van der Waals surface area contributed by atoms with Gasteiger partial charge in [-0.1, -0.05) is 27.5 Å². The minimum atomic E-state index is -0.397. The van der Waals surface area contributed by atoms with Crippen molar-refractivity contribution in [2.75, 3.05) is 5.32 Å². The maximum absolute atomic E-state index is 14.4. The van der Waals surface area contributed by atoms with Crippen molar-refractivity contribution in [3.8, 4) is 0 Å². The third-order valence-corrected chi connectivity index (χ3v) is 3.72. The highest BCUT2D eigenvalue weighted by atomic mass is 79.9. The summed E-state index contributed by atoms with van der Waals surface area (Å²) in [6.45, 7) is 1.79. The fraction of sp³-hybridized carbons (Fsp3) is 0.0714. The SMILES string of the molecule is Cc1nc2c(F)c(Nc3ccc(Br)cc3Cl)ccc2[nH]1. The van der Waals surface area contributed by atoms with E-state index in [0.717, 1.165) is 4.47 Å². The lowest BCUT2D eigenvalue weighted by Gasteiger charge is -2.09. The first-order valence-electron chi connectivity index (χ1n) is 5.91. The standard InChI is InChI=1S/C14H10BrClFN3/c1-7-18-12-5-4-11(13(17)14(12)19-7)20-10-3-2-8(15)6-9(10)16/h2-6,20H,1H3,(H,18,19). The molecular weight excluding hydrogens is 345 g/mol. The zero-order chi connectivity index (χ0) is 14.3. The number of aromatic nitrogens is 2. The van der Waals surface area contributed by atoms with Gasteiger partial charge in [0.25, 0.3) is 0 Å². The Morgan fingerprint density at radius 3 is 2.75 bits per heavy atom. The number of fused-ring (bicyclic) bond motifs is 1. The van der Waals surface area contributed by atoms with Gasteiger partial charge in [-0.25, -0.2) is 9.37 Å². The molecular formula is C14H10BrClFN3. The maximum Gasteiger partial charge on any atom is 0.174 e. The topological polar surface area (TPSA) is 40.7 Å². The molecule has 0 aliphatic heterocycles. The summed E-state index contributed by atoms with van der Waals surface area (Å²) < 4.78 is 15.2. The molecule has 0 unspecified atom stereocenters. The van der Waals surface area contributed by atoms with E-state index in [-0.39, 0.29) is 0 Å². The van der Waals surface area contributed by atoms with Crippen LogP contribution in [0, 0.1) is 12.7 Å². The number of rotatable bonds is 2. The lowest BCUT2D eigenvalue weighted by molar-refractivity contribution is 0.641. The second-order valence-electron chi connectivity index (χ2n) is 4.39. The number of H-pyrrole nitrogens is 1. The van der Waals surface area contributed by atoms with Gasteiger partial charge in [0.1, 0.15) is 11.3 Å². The highest BCUT2D eigenvalue weighted by Gasteiger charge is 2.12. The van der Waals surface area contributed by atoms with Gasteiger partial charge in [-0.2, -0.15) is 0 Å². The molecule has 1 heterocycles. The summed E-state index contributed by atoms with van der Waals surface area (Å²) in [5, 5.41) is 3.50. The molecule has 3 rings (SSSR count). The van der Waals surface area contributed by atoms with Crippen molar-refractivity contribution >= 4 is 49.9 Å². The number of hydrogen-bond acceptors (Lipinski definition) is 2. The average molecular weight is 355 g/mol. The Labute approximate surface area is 128 Å². The number of aromatic amines is 1. The molecule has 6 heteroatoms. The Balaban J connectivity index is 2.04. The van der Waals surface area contributed by atoms with Crippen LogP contribution in [0.5, 0.6) is 0 Å². The summed E-state index contributed by atoms with van der Waals surface area (Å²) in [5.74, 6) is 0.281. The van der Waals surface area contributed by atoms with Crippen LogP contribution in [-0.4, -0.2) is 9.97 Å². The third kappa shape index (κ3) is 2.39. The van der Waals surface area contributed by atoms with Crippen LogP contribution in [0.15, 0.2) is 34.8 Å². The second-order valence-corrected chi connectivity index (χ2v) is 5.72. The smallest absolute Gasteiger partial charge is 0.174 e. The van der Waals surface area contributed by atoms with Crippen LogP contribution >= 0.6 is 27.5 Å². The second kappa shape index (κ2) is 5.07. The normalized spacial score (nSPS) is 11.0. The third-order valence-electron chi connectivity index (χ3n) is 2.91. The van der Waals surface area contributed by atoms with Gasteiger partial charge in [0.2, 0.25) is 0 Å².